The summed E-state index contributed by atoms with van der Waals surface area (Å²) in [5, 5.41) is 22.6. The first-order valence-electron chi connectivity index (χ1n) is 7.54. The van der Waals surface area contributed by atoms with Gasteiger partial charge in [-0.15, -0.1) is 10.2 Å². The van der Waals surface area contributed by atoms with Crippen LogP contribution in [0.5, 0.6) is 0 Å². The average Bonchev–Trinajstić information content (AvgIpc) is 3.08. The number of amides is 1. The minimum Gasteiger partial charge on any atom is -0.296 e. The molecule has 1 N–H and O–H groups in total. The molecule has 0 unspecified atom stereocenters. The third kappa shape index (κ3) is 4.45. The summed E-state index contributed by atoms with van der Waals surface area (Å²) in [6.45, 7) is 0. The van der Waals surface area contributed by atoms with Crippen LogP contribution in [0.1, 0.15) is 20.9 Å². The molecule has 0 radical (unpaired) electrons. The number of benzene rings is 2. The van der Waals surface area contributed by atoms with Crippen molar-refractivity contribution in [3.63, 3.8) is 0 Å². The highest BCUT2D eigenvalue weighted by atomic mass is 32.1. The lowest BCUT2D eigenvalue weighted by molar-refractivity contribution is -0.384. The number of hydrogen-bond acceptors (Lipinski definition) is 6. The zero-order valence-electron chi connectivity index (χ0n) is 13.1. The SMILES string of the molecule is O=C(Nc1nnc(CCc2ccccc2)s1)c1cccc([N+](=O)[O-])c1. The number of anilines is 1. The smallest absolute Gasteiger partial charge is 0.270 e. The van der Waals surface area contributed by atoms with Crippen molar-refractivity contribution in [2.45, 2.75) is 12.8 Å². The van der Waals surface area contributed by atoms with E-state index in [1.54, 1.807) is 0 Å². The Balaban J connectivity index is 1.62. The lowest BCUT2D eigenvalue weighted by Crippen LogP contribution is -2.11. The van der Waals surface area contributed by atoms with Crippen LogP contribution in [0.15, 0.2) is 54.6 Å². The summed E-state index contributed by atoms with van der Waals surface area (Å²) in [6, 6.07) is 15.6. The molecule has 2 aromatic carbocycles. The van der Waals surface area contributed by atoms with Gasteiger partial charge in [-0.2, -0.15) is 0 Å². The first kappa shape index (κ1) is 16.7. The second kappa shape index (κ2) is 7.63. The number of non-ortho nitro benzene ring substituents is 1. The van der Waals surface area contributed by atoms with Crippen molar-refractivity contribution in [3.05, 3.63) is 80.8 Å². The largest absolute Gasteiger partial charge is 0.296 e. The van der Waals surface area contributed by atoms with E-state index >= 15 is 0 Å². The van der Waals surface area contributed by atoms with Crippen molar-refractivity contribution >= 4 is 28.1 Å². The zero-order valence-corrected chi connectivity index (χ0v) is 13.9. The molecule has 126 valence electrons. The number of aryl methyl sites for hydroxylation is 2. The number of carbonyl (C=O) groups is 1. The van der Waals surface area contributed by atoms with Gasteiger partial charge < -0.3 is 0 Å². The highest BCUT2D eigenvalue weighted by molar-refractivity contribution is 7.15. The van der Waals surface area contributed by atoms with Crippen LogP contribution in [0.4, 0.5) is 10.8 Å². The molecule has 0 saturated heterocycles. The predicted molar refractivity (Wildman–Crippen MR) is 94.8 cm³/mol. The summed E-state index contributed by atoms with van der Waals surface area (Å²) in [6.07, 6.45) is 1.57. The Morgan fingerprint density at radius 1 is 1.08 bits per heavy atom. The van der Waals surface area contributed by atoms with Gasteiger partial charge in [-0.3, -0.25) is 20.2 Å². The van der Waals surface area contributed by atoms with E-state index in [1.165, 1.54) is 41.2 Å². The molecule has 25 heavy (non-hydrogen) atoms. The number of rotatable bonds is 6. The number of nitro benzene ring substituents is 1. The molecule has 1 aromatic heterocycles. The van der Waals surface area contributed by atoms with Crippen molar-refractivity contribution in [1.29, 1.82) is 0 Å². The van der Waals surface area contributed by atoms with E-state index in [9.17, 15) is 14.9 Å². The Morgan fingerprint density at radius 2 is 1.88 bits per heavy atom. The van der Waals surface area contributed by atoms with Gasteiger partial charge in [0.15, 0.2) is 0 Å². The molecular formula is C17H14N4O3S. The van der Waals surface area contributed by atoms with Crippen molar-refractivity contribution in [3.8, 4) is 0 Å². The predicted octanol–water partition coefficient (Wildman–Crippen LogP) is 3.48. The topological polar surface area (TPSA) is 98.0 Å². The maximum Gasteiger partial charge on any atom is 0.270 e. The molecule has 8 heteroatoms. The molecule has 0 fully saturated rings. The van der Waals surface area contributed by atoms with Crippen molar-refractivity contribution < 1.29 is 9.72 Å². The van der Waals surface area contributed by atoms with Crippen LogP contribution in [0.2, 0.25) is 0 Å². The monoisotopic (exact) mass is 354 g/mol. The van der Waals surface area contributed by atoms with E-state index in [0.29, 0.717) is 5.13 Å². The number of hydrogen-bond donors (Lipinski definition) is 1. The first-order valence-corrected chi connectivity index (χ1v) is 8.35. The Labute approximate surface area is 147 Å². The first-order chi connectivity index (χ1) is 12.1. The Hall–Kier alpha value is -3.13. The number of nitro groups is 1. The fourth-order valence-electron chi connectivity index (χ4n) is 2.23. The van der Waals surface area contributed by atoms with Crippen LogP contribution >= 0.6 is 11.3 Å². The summed E-state index contributed by atoms with van der Waals surface area (Å²) in [4.78, 5) is 22.4. The van der Waals surface area contributed by atoms with Gasteiger partial charge in [-0.1, -0.05) is 47.7 Å². The fraction of sp³-hybridized carbons (Fsp3) is 0.118. The molecule has 3 aromatic rings. The number of nitrogens with one attached hydrogen (secondary N) is 1. The van der Waals surface area contributed by atoms with Gasteiger partial charge in [-0.05, 0) is 18.1 Å². The molecule has 1 heterocycles. The maximum absolute atomic E-state index is 12.2. The van der Waals surface area contributed by atoms with Gasteiger partial charge in [0.05, 0.1) is 4.92 Å². The van der Waals surface area contributed by atoms with Crippen LogP contribution in [-0.2, 0) is 12.8 Å². The molecule has 0 saturated carbocycles. The molecule has 3 rings (SSSR count). The minimum atomic E-state index is -0.538. The highest BCUT2D eigenvalue weighted by Gasteiger charge is 2.13. The van der Waals surface area contributed by atoms with Gasteiger partial charge >= 0.3 is 0 Å². The third-order valence-electron chi connectivity index (χ3n) is 3.48. The molecule has 0 bridgehead atoms. The van der Waals surface area contributed by atoms with Gasteiger partial charge in [0.25, 0.3) is 11.6 Å². The second-order valence-electron chi connectivity index (χ2n) is 5.25. The van der Waals surface area contributed by atoms with E-state index in [2.05, 4.69) is 15.5 Å². The molecule has 0 aliphatic rings. The average molecular weight is 354 g/mol. The Morgan fingerprint density at radius 3 is 2.64 bits per heavy atom. The lowest BCUT2D eigenvalue weighted by atomic mass is 10.1. The van der Waals surface area contributed by atoms with Crippen LogP contribution in [0, 0.1) is 10.1 Å². The van der Waals surface area contributed by atoms with Crippen molar-refractivity contribution in [2.24, 2.45) is 0 Å². The van der Waals surface area contributed by atoms with E-state index in [-0.39, 0.29) is 11.3 Å². The molecule has 7 nitrogen and oxygen atoms in total. The van der Waals surface area contributed by atoms with E-state index < -0.39 is 10.8 Å². The van der Waals surface area contributed by atoms with Crippen LogP contribution < -0.4 is 5.32 Å². The van der Waals surface area contributed by atoms with Crippen molar-refractivity contribution in [2.75, 3.05) is 5.32 Å². The van der Waals surface area contributed by atoms with Gasteiger partial charge in [-0.25, -0.2) is 0 Å². The number of aromatic nitrogens is 2. The molecule has 0 aliphatic carbocycles. The molecule has 1 amide bonds. The van der Waals surface area contributed by atoms with E-state index in [1.807, 2.05) is 30.3 Å². The summed E-state index contributed by atoms with van der Waals surface area (Å²) in [7, 11) is 0. The summed E-state index contributed by atoms with van der Waals surface area (Å²) in [5.41, 5.74) is 1.28. The fourth-order valence-corrected chi connectivity index (χ4v) is 2.97. The standard InChI is InChI=1S/C17H14N4O3S/c22-16(13-7-4-8-14(11-13)21(23)24)18-17-20-19-15(25-17)10-9-12-5-2-1-3-6-12/h1-8,11H,9-10H2,(H,18,20,22). The van der Waals surface area contributed by atoms with Gasteiger partial charge in [0, 0.05) is 24.1 Å². The quantitative estimate of drug-likeness (QED) is 0.540. The van der Waals surface area contributed by atoms with Crippen LogP contribution in [-0.4, -0.2) is 21.0 Å². The summed E-state index contributed by atoms with van der Waals surface area (Å²) >= 11 is 1.30. The number of carbonyl (C=O) groups excluding carboxylic acids is 1. The summed E-state index contributed by atoms with van der Waals surface area (Å²) in [5.74, 6) is -0.450. The molecule has 0 atom stereocenters. The molecule has 0 spiro atoms. The molecular weight excluding hydrogens is 340 g/mol. The Bertz CT molecular complexity index is 896. The van der Waals surface area contributed by atoms with E-state index in [0.717, 1.165) is 17.8 Å². The van der Waals surface area contributed by atoms with Crippen LogP contribution in [0.25, 0.3) is 0 Å². The number of nitrogens with zero attached hydrogens (tertiary/aromatic N) is 3. The highest BCUT2D eigenvalue weighted by Crippen LogP contribution is 2.19. The van der Waals surface area contributed by atoms with Gasteiger partial charge in [0.2, 0.25) is 5.13 Å². The third-order valence-corrected chi connectivity index (χ3v) is 4.38. The van der Waals surface area contributed by atoms with E-state index in [4.69, 9.17) is 0 Å². The summed E-state index contributed by atoms with van der Waals surface area (Å²) < 4.78 is 0. The van der Waals surface area contributed by atoms with Crippen LogP contribution in [0.3, 0.4) is 0 Å². The minimum absolute atomic E-state index is 0.131. The zero-order chi connectivity index (χ0) is 17.6. The van der Waals surface area contributed by atoms with Gasteiger partial charge in [0.1, 0.15) is 5.01 Å². The van der Waals surface area contributed by atoms with Crippen molar-refractivity contribution in [1.82, 2.24) is 10.2 Å². The Kier molecular flexibility index (Phi) is 5.10. The molecule has 0 aliphatic heterocycles. The maximum atomic E-state index is 12.2. The normalized spacial score (nSPS) is 10.4. The second-order valence-corrected chi connectivity index (χ2v) is 6.31. The lowest BCUT2D eigenvalue weighted by Gasteiger charge is -2.00.